The van der Waals surface area contributed by atoms with Crippen molar-refractivity contribution in [2.75, 3.05) is 13.1 Å². The van der Waals surface area contributed by atoms with Gasteiger partial charge in [0.05, 0.1) is 0 Å². The molecule has 0 spiro atoms. The normalized spacial score (nSPS) is 16.3. The molecule has 0 bridgehead atoms. The standard InChI is InChI=1S/C16H17FN2/c1-12-2-3-16(17)14(8-12)9-19-10-15(11-19)13-4-6-18-7-5-13/h2-8,15H,9-11H2,1H3. The molecule has 1 aromatic carbocycles. The second-order valence-corrected chi connectivity index (χ2v) is 5.27. The zero-order chi connectivity index (χ0) is 13.2. The third kappa shape index (κ3) is 2.66. The van der Waals surface area contributed by atoms with E-state index in [0.29, 0.717) is 12.5 Å². The van der Waals surface area contributed by atoms with Crippen LogP contribution in [0.25, 0.3) is 0 Å². The molecule has 3 rings (SSSR count). The van der Waals surface area contributed by atoms with Gasteiger partial charge in [0.1, 0.15) is 5.82 Å². The molecule has 2 nitrogen and oxygen atoms in total. The number of hydrogen-bond donors (Lipinski definition) is 0. The van der Waals surface area contributed by atoms with Gasteiger partial charge in [0, 0.05) is 43.5 Å². The fraction of sp³-hybridized carbons (Fsp3) is 0.312. The van der Waals surface area contributed by atoms with Crippen LogP contribution in [0.2, 0.25) is 0 Å². The van der Waals surface area contributed by atoms with Gasteiger partial charge in [0.25, 0.3) is 0 Å². The molecule has 19 heavy (non-hydrogen) atoms. The molecule has 3 heteroatoms. The van der Waals surface area contributed by atoms with Crippen LogP contribution in [0.15, 0.2) is 42.7 Å². The Bertz CT molecular complexity index is 562. The van der Waals surface area contributed by atoms with Crippen LogP contribution in [0.4, 0.5) is 4.39 Å². The second-order valence-electron chi connectivity index (χ2n) is 5.27. The van der Waals surface area contributed by atoms with E-state index in [1.54, 1.807) is 6.07 Å². The van der Waals surface area contributed by atoms with Gasteiger partial charge < -0.3 is 0 Å². The molecule has 98 valence electrons. The number of hydrogen-bond acceptors (Lipinski definition) is 2. The van der Waals surface area contributed by atoms with Crippen LogP contribution < -0.4 is 0 Å². The zero-order valence-corrected chi connectivity index (χ0v) is 11.0. The van der Waals surface area contributed by atoms with Crippen molar-refractivity contribution in [1.82, 2.24) is 9.88 Å². The lowest BCUT2D eigenvalue weighted by Gasteiger charge is -2.39. The van der Waals surface area contributed by atoms with Gasteiger partial charge in [0.2, 0.25) is 0 Å². The topological polar surface area (TPSA) is 16.1 Å². The minimum absolute atomic E-state index is 0.0991. The summed E-state index contributed by atoms with van der Waals surface area (Å²) >= 11 is 0. The summed E-state index contributed by atoms with van der Waals surface area (Å²) in [5.74, 6) is 0.467. The highest BCUT2D eigenvalue weighted by Gasteiger charge is 2.28. The molecule has 0 aliphatic carbocycles. The predicted octanol–water partition coefficient (Wildman–Crippen LogP) is 3.13. The number of halogens is 1. The van der Waals surface area contributed by atoms with E-state index in [9.17, 15) is 4.39 Å². The lowest BCUT2D eigenvalue weighted by molar-refractivity contribution is 0.138. The number of likely N-dealkylation sites (tertiary alicyclic amines) is 1. The van der Waals surface area contributed by atoms with Crippen LogP contribution in [-0.2, 0) is 6.54 Å². The minimum Gasteiger partial charge on any atom is -0.298 e. The van der Waals surface area contributed by atoms with Gasteiger partial charge in [-0.2, -0.15) is 0 Å². The Labute approximate surface area is 112 Å². The van der Waals surface area contributed by atoms with Crippen LogP contribution in [0.5, 0.6) is 0 Å². The number of benzene rings is 1. The summed E-state index contributed by atoms with van der Waals surface area (Å²) < 4.78 is 13.7. The Balaban J connectivity index is 1.61. The Hall–Kier alpha value is -1.74. The molecule has 1 aliphatic heterocycles. The highest BCUT2D eigenvalue weighted by atomic mass is 19.1. The first kappa shape index (κ1) is 12.3. The predicted molar refractivity (Wildman–Crippen MR) is 73.4 cm³/mol. The molecule has 2 heterocycles. The average molecular weight is 256 g/mol. The van der Waals surface area contributed by atoms with Gasteiger partial charge in [-0.05, 0) is 30.7 Å². The van der Waals surface area contributed by atoms with E-state index in [2.05, 4.69) is 22.0 Å². The van der Waals surface area contributed by atoms with Crippen LogP contribution in [0.3, 0.4) is 0 Å². The summed E-state index contributed by atoms with van der Waals surface area (Å²) in [6.45, 7) is 4.70. The summed E-state index contributed by atoms with van der Waals surface area (Å²) in [7, 11) is 0. The Morgan fingerprint density at radius 1 is 1.21 bits per heavy atom. The number of pyridine rings is 1. The van der Waals surface area contributed by atoms with Crippen molar-refractivity contribution in [3.8, 4) is 0 Å². The SMILES string of the molecule is Cc1ccc(F)c(CN2CC(c3ccncc3)C2)c1. The first-order chi connectivity index (χ1) is 9.22. The van der Waals surface area contributed by atoms with E-state index in [0.717, 1.165) is 24.2 Å². The molecule has 1 fully saturated rings. The van der Waals surface area contributed by atoms with Crippen LogP contribution in [-0.4, -0.2) is 23.0 Å². The fourth-order valence-electron chi connectivity index (χ4n) is 2.61. The van der Waals surface area contributed by atoms with E-state index in [1.165, 1.54) is 5.56 Å². The molecule has 0 amide bonds. The number of aryl methyl sites for hydroxylation is 1. The summed E-state index contributed by atoms with van der Waals surface area (Å²) in [5, 5.41) is 0. The van der Waals surface area contributed by atoms with E-state index < -0.39 is 0 Å². The number of aromatic nitrogens is 1. The number of rotatable bonds is 3. The van der Waals surface area contributed by atoms with Crippen molar-refractivity contribution < 1.29 is 4.39 Å². The monoisotopic (exact) mass is 256 g/mol. The summed E-state index contributed by atoms with van der Waals surface area (Å²) in [4.78, 5) is 6.31. The van der Waals surface area contributed by atoms with Gasteiger partial charge in [-0.25, -0.2) is 4.39 Å². The summed E-state index contributed by atoms with van der Waals surface area (Å²) in [6, 6.07) is 9.44. The maximum atomic E-state index is 13.7. The maximum absolute atomic E-state index is 13.7. The highest BCUT2D eigenvalue weighted by molar-refractivity contribution is 5.25. The largest absolute Gasteiger partial charge is 0.298 e. The van der Waals surface area contributed by atoms with Crippen molar-refractivity contribution in [2.24, 2.45) is 0 Å². The van der Waals surface area contributed by atoms with Crippen molar-refractivity contribution in [2.45, 2.75) is 19.4 Å². The smallest absolute Gasteiger partial charge is 0.127 e. The lowest BCUT2D eigenvalue weighted by atomic mass is 9.92. The van der Waals surface area contributed by atoms with E-state index in [4.69, 9.17) is 0 Å². The number of nitrogens with zero attached hydrogens (tertiary/aromatic N) is 2. The average Bonchev–Trinajstić information content (AvgIpc) is 2.38. The molecule has 1 aliphatic rings. The molecule has 1 saturated heterocycles. The fourth-order valence-corrected chi connectivity index (χ4v) is 2.61. The molecule has 0 saturated carbocycles. The van der Waals surface area contributed by atoms with Crippen LogP contribution in [0, 0.1) is 12.7 Å². The van der Waals surface area contributed by atoms with Crippen molar-refractivity contribution in [1.29, 1.82) is 0 Å². The molecule has 0 radical (unpaired) electrons. The first-order valence-corrected chi connectivity index (χ1v) is 6.59. The molecule has 0 unspecified atom stereocenters. The Kier molecular flexibility index (Phi) is 3.30. The van der Waals surface area contributed by atoms with Crippen molar-refractivity contribution in [3.05, 3.63) is 65.2 Å². The Morgan fingerprint density at radius 2 is 1.95 bits per heavy atom. The van der Waals surface area contributed by atoms with Crippen molar-refractivity contribution in [3.63, 3.8) is 0 Å². The minimum atomic E-state index is -0.0991. The molecule has 1 aromatic heterocycles. The maximum Gasteiger partial charge on any atom is 0.127 e. The Morgan fingerprint density at radius 3 is 2.68 bits per heavy atom. The van der Waals surface area contributed by atoms with Crippen LogP contribution in [0.1, 0.15) is 22.6 Å². The van der Waals surface area contributed by atoms with Crippen molar-refractivity contribution >= 4 is 0 Å². The van der Waals surface area contributed by atoms with Gasteiger partial charge in [-0.1, -0.05) is 17.7 Å². The van der Waals surface area contributed by atoms with Gasteiger partial charge >= 0.3 is 0 Å². The zero-order valence-electron chi connectivity index (χ0n) is 11.0. The van der Waals surface area contributed by atoms with E-state index in [-0.39, 0.29) is 5.82 Å². The molecule has 2 aromatic rings. The summed E-state index contributed by atoms with van der Waals surface area (Å²) in [6.07, 6.45) is 3.66. The van der Waals surface area contributed by atoms with Gasteiger partial charge in [0.15, 0.2) is 0 Å². The quantitative estimate of drug-likeness (QED) is 0.838. The van der Waals surface area contributed by atoms with Crippen LogP contribution >= 0.6 is 0 Å². The van der Waals surface area contributed by atoms with E-state index >= 15 is 0 Å². The molecular weight excluding hydrogens is 239 g/mol. The first-order valence-electron chi connectivity index (χ1n) is 6.59. The molecule has 0 N–H and O–H groups in total. The lowest BCUT2D eigenvalue weighted by Crippen LogP contribution is -2.44. The summed E-state index contributed by atoms with van der Waals surface area (Å²) in [5.41, 5.74) is 3.24. The third-order valence-electron chi connectivity index (χ3n) is 3.73. The molecule has 0 atom stereocenters. The molecular formula is C16H17FN2. The second kappa shape index (κ2) is 5.10. The van der Waals surface area contributed by atoms with Gasteiger partial charge in [-0.3, -0.25) is 9.88 Å². The van der Waals surface area contributed by atoms with Gasteiger partial charge in [-0.15, -0.1) is 0 Å². The highest BCUT2D eigenvalue weighted by Crippen LogP contribution is 2.28. The third-order valence-corrected chi connectivity index (χ3v) is 3.73. The van der Waals surface area contributed by atoms with E-state index in [1.807, 2.05) is 31.5 Å².